The molecular weight excluding hydrogens is 358 g/mol. The van der Waals surface area contributed by atoms with E-state index in [9.17, 15) is 13.2 Å². The molecule has 0 heterocycles. The van der Waals surface area contributed by atoms with Gasteiger partial charge in [0.25, 0.3) is 10.0 Å². The number of nitrogens with one attached hydrogen (secondary N) is 1. The Kier molecular flexibility index (Phi) is 4.34. The lowest BCUT2D eigenvalue weighted by molar-refractivity contribution is 0.0696. The zero-order valence-corrected chi connectivity index (χ0v) is 13.4. The average molecular weight is 370 g/mol. The van der Waals surface area contributed by atoms with Gasteiger partial charge in [0.2, 0.25) is 0 Å². The molecule has 0 atom stereocenters. The van der Waals surface area contributed by atoms with Gasteiger partial charge in [-0.3, -0.25) is 4.72 Å². The van der Waals surface area contributed by atoms with Gasteiger partial charge >= 0.3 is 5.97 Å². The fraction of sp³-hybridized carbons (Fsp3) is 0.0714. The van der Waals surface area contributed by atoms with Crippen LogP contribution in [0.3, 0.4) is 0 Å². The molecule has 110 valence electrons. The van der Waals surface area contributed by atoms with Gasteiger partial charge < -0.3 is 5.11 Å². The van der Waals surface area contributed by atoms with Gasteiger partial charge in [-0.1, -0.05) is 18.2 Å². The van der Waals surface area contributed by atoms with Crippen molar-refractivity contribution in [1.29, 1.82) is 0 Å². The number of sulfonamides is 1. The quantitative estimate of drug-likeness (QED) is 0.866. The summed E-state index contributed by atoms with van der Waals surface area (Å²) >= 11 is 3.23. The molecule has 21 heavy (non-hydrogen) atoms. The second-order valence-corrected chi connectivity index (χ2v) is 6.80. The monoisotopic (exact) mass is 369 g/mol. The SMILES string of the molecule is Cc1c(C(=O)O)ccc(NS(=O)(=O)c2ccccc2)c1Br. The summed E-state index contributed by atoms with van der Waals surface area (Å²) in [6, 6.07) is 10.7. The fourth-order valence-corrected chi connectivity index (χ4v) is 3.47. The summed E-state index contributed by atoms with van der Waals surface area (Å²) in [5, 5.41) is 9.03. The van der Waals surface area contributed by atoms with Gasteiger partial charge in [-0.25, -0.2) is 13.2 Å². The Hall–Kier alpha value is -1.86. The first-order valence-corrected chi connectivity index (χ1v) is 8.21. The third kappa shape index (κ3) is 3.25. The van der Waals surface area contributed by atoms with Gasteiger partial charge in [-0.2, -0.15) is 0 Å². The van der Waals surface area contributed by atoms with Crippen LogP contribution in [0.15, 0.2) is 51.8 Å². The first kappa shape index (κ1) is 15.5. The topological polar surface area (TPSA) is 83.5 Å². The van der Waals surface area contributed by atoms with Gasteiger partial charge in [0.1, 0.15) is 0 Å². The molecule has 0 radical (unpaired) electrons. The van der Waals surface area contributed by atoms with E-state index in [2.05, 4.69) is 20.7 Å². The molecule has 0 aliphatic carbocycles. The van der Waals surface area contributed by atoms with Crippen LogP contribution in [0.2, 0.25) is 0 Å². The molecule has 0 saturated carbocycles. The number of rotatable bonds is 4. The van der Waals surface area contributed by atoms with Crippen LogP contribution in [-0.4, -0.2) is 19.5 Å². The van der Waals surface area contributed by atoms with E-state index in [-0.39, 0.29) is 10.5 Å². The highest BCUT2D eigenvalue weighted by atomic mass is 79.9. The van der Waals surface area contributed by atoms with Crippen LogP contribution in [-0.2, 0) is 10.0 Å². The Morgan fingerprint density at radius 3 is 2.33 bits per heavy atom. The van der Waals surface area contributed by atoms with Crippen LogP contribution < -0.4 is 4.72 Å². The summed E-state index contributed by atoms with van der Waals surface area (Å²) in [5.74, 6) is -1.06. The number of halogens is 1. The maximum atomic E-state index is 12.2. The second-order valence-electron chi connectivity index (χ2n) is 4.32. The third-order valence-corrected chi connectivity index (χ3v) is 5.32. The van der Waals surface area contributed by atoms with Crippen molar-refractivity contribution in [3.05, 3.63) is 58.1 Å². The Labute approximate surface area is 130 Å². The molecule has 5 nitrogen and oxygen atoms in total. The largest absolute Gasteiger partial charge is 0.478 e. The van der Waals surface area contributed by atoms with E-state index in [1.807, 2.05) is 0 Å². The number of carbonyl (C=O) groups is 1. The lowest BCUT2D eigenvalue weighted by atomic mass is 10.1. The number of aromatic carboxylic acids is 1. The number of hydrogen-bond donors (Lipinski definition) is 2. The Balaban J connectivity index is 2.41. The number of hydrogen-bond acceptors (Lipinski definition) is 3. The molecule has 0 aliphatic rings. The van der Waals surface area contributed by atoms with E-state index in [4.69, 9.17) is 5.11 Å². The van der Waals surface area contributed by atoms with E-state index in [0.29, 0.717) is 15.7 Å². The molecular formula is C14H12BrNO4S. The van der Waals surface area contributed by atoms with Gasteiger partial charge in [0.15, 0.2) is 0 Å². The Morgan fingerprint density at radius 2 is 1.76 bits per heavy atom. The highest BCUT2D eigenvalue weighted by molar-refractivity contribution is 9.10. The summed E-state index contributed by atoms with van der Waals surface area (Å²) in [6.45, 7) is 1.61. The summed E-state index contributed by atoms with van der Waals surface area (Å²) < 4.78 is 27.3. The summed E-state index contributed by atoms with van der Waals surface area (Å²) in [5.41, 5.74) is 0.863. The van der Waals surface area contributed by atoms with Crippen LogP contribution in [0.4, 0.5) is 5.69 Å². The van der Waals surface area contributed by atoms with Crippen molar-refractivity contribution in [2.75, 3.05) is 4.72 Å². The predicted molar refractivity (Wildman–Crippen MR) is 83.1 cm³/mol. The second kappa shape index (κ2) is 5.87. The molecule has 0 saturated heterocycles. The van der Waals surface area contributed by atoms with Crippen molar-refractivity contribution in [2.24, 2.45) is 0 Å². The van der Waals surface area contributed by atoms with Gasteiger partial charge in [0, 0.05) is 4.47 Å². The Morgan fingerprint density at radius 1 is 1.14 bits per heavy atom. The first-order valence-electron chi connectivity index (χ1n) is 5.93. The summed E-state index contributed by atoms with van der Waals surface area (Å²) in [4.78, 5) is 11.2. The van der Waals surface area contributed by atoms with Crippen molar-refractivity contribution < 1.29 is 18.3 Å². The zero-order chi connectivity index (χ0) is 15.6. The van der Waals surface area contributed by atoms with Gasteiger partial charge in [-0.15, -0.1) is 0 Å². The Bertz CT molecular complexity index is 788. The number of benzene rings is 2. The maximum Gasteiger partial charge on any atom is 0.335 e. The van der Waals surface area contributed by atoms with Crippen LogP contribution in [0.1, 0.15) is 15.9 Å². The average Bonchev–Trinajstić information content (AvgIpc) is 2.44. The minimum Gasteiger partial charge on any atom is -0.478 e. The van der Waals surface area contributed by atoms with Crippen molar-refractivity contribution in [3.8, 4) is 0 Å². The highest BCUT2D eigenvalue weighted by Gasteiger charge is 2.18. The van der Waals surface area contributed by atoms with Gasteiger partial charge in [-0.05, 0) is 52.7 Å². The van der Waals surface area contributed by atoms with Crippen LogP contribution >= 0.6 is 15.9 Å². The van der Waals surface area contributed by atoms with E-state index in [1.54, 1.807) is 25.1 Å². The van der Waals surface area contributed by atoms with E-state index in [1.165, 1.54) is 24.3 Å². The molecule has 2 aromatic carbocycles. The smallest absolute Gasteiger partial charge is 0.335 e. The molecule has 0 spiro atoms. The number of anilines is 1. The van der Waals surface area contributed by atoms with Crippen molar-refractivity contribution >= 4 is 37.6 Å². The number of carboxylic acid groups (broad SMARTS) is 1. The molecule has 0 amide bonds. The van der Waals surface area contributed by atoms with Crippen molar-refractivity contribution in [2.45, 2.75) is 11.8 Å². The van der Waals surface area contributed by atoms with E-state index in [0.717, 1.165) is 0 Å². The molecule has 0 unspecified atom stereocenters. The minimum atomic E-state index is -3.71. The summed E-state index contributed by atoms with van der Waals surface area (Å²) in [7, 11) is -3.71. The maximum absolute atomic E-state index is 12.2. The summed E-state index contributed by atoms with van der Waals surface area (Å²) in [6.07, 6.45) is 0. The van der Waals surface area contributed by atoms with E-state index < -0.39 is 16.0 Å². The van der Waals surface area contributed by atoms with E-state index >= 15 is 0 Å². The zero-order valence-electron chi connectivity index (χ0n) is 11.0. The van der Waals surface area contributed by atoms with Crippen LogP contribution in [0.5, 0.6) is 0 Å². The van der Waals surface area contributed by atoms with Gasteiger partial charge in [0.05, 0.1) is 16.1 Å². The standard InChI is InChI=1S/C14H12BrNO4S/c1-9-11(14(17)18)7-8-12(13(9)15)16-21(19,20)10-5-3-2-4-6-10/h2-8,16H,1H3,(H,17,18). The lowest BCUT2D eigenvalue weighted by Gasteiger charge is -2.12. The molecule has 2 rings (SSSR count). The predicted octanol–water partition coefficient (Wildman–Crippen LogP) is 3.26. The molecule has 2 N–H and O–H groups in total. The molecule has 2 aromatic rings. The molecule has 0 bridgehead atoms. The fourth-order valence-electron chi connectivity index (χ4n) is 1.80. The van der Waals surface area contributed by atoms with Crippen LogP contribution in [0.25, 0.3) is 0 Å². The normalized spacial score (nSPS) is 11.1. The van der Waals surface area contributed by atoms with Crippen LogP contribution in [0, 0.1) is 6.92 Å². The molecule has 0 fully saturated rings. The minimum absolute atomic E-state index is 0.115. The molecule has 0 aliphatic heterocycles. The molecule has 0 aromatic heterocycles. The first-order chi connectivity index (χ1) is 9.83. The third-order valence-electron chi connectivity index (χ3n) is 2.91. The van der Waals surface area contributed by atoms with Crippen molar-refractivity contribution in [1.82, 2.24) is 0 Å². The number of carboxylic acids is 1. The molecule has 7 heteroatoms. The van der Waals surface area contributed by atoms with Crippen molar-refractivity contribution in [3.63, 3.8) is 0 Å². The highest BCUT2D eigenvalue weighted by Crippen LogP contribution is 2.30. The lowest BCUT2D eigenvalue weighted by Crippen LogP contribution is -2.14.